The first kappa shape index (κ1) is 15.3. The number of piperidine rings is 1. The lowest BCUT2D eigenvalue weighted by molar-refractivity contribution is -0.171. The van der Waals surface area contributed by atoms with Gasteiger partial charge >= 0.3 is 12.1 Å². The summed E-state index contributed by atoms with van der Waals surface area (Å²) in [7, 11) is 0. The standard InChI is InChI=1S/C10H13F3N2O4/c11-10(12,13)6-2-1-5(9(19)15-6)8(18)14-4-3-7(16)17/h5-6H,1-4H2,(H,14,18)(H,15,19)(H,16,17)/t5-,6+/m0/s1. The maximum absolute atomic E-state index is 12.4. The maximum Gasteiger partial charge on any atom is 0.408 e. The molecule has 1 saturated heterocycles. The van der Waals surface area contributed by atoms with E-state index in [1.54, 1.807) is 5.32 Å². The van der Waals surface area contributed by atoms with Gasteiger partial charge in [-0.3, -0.25) is 14.4 Å². The Bertz CT molecular complexity index is 383. The van der Waals surface area contributed by atoms with E-state index in [0.717, 1.165) is 0 Å². The van der Waals surface area contributed by atoms with E-state index < -0.39 is 35.9 Å². The van der Waals surface area contributed by atoms with Gasteiger partial charge in [0.1, 0.15) is 12.0 Å². The van der Waals surface area contributed by atoms with Gasteiger partial charge in [-0.25, -0.2) is 0 Å². The van der Waals surface area contributed by atoms with Crippen LogP contribution in [0.25, 0.3) is 0 Å². The van der Waals surface area contributed by atoms with Crippen LogP contribution in [0.3, 0.4) is 0 Å². The van der Waals surface area contributed by atoms with Crippen molar-refractivity contribution >= 4 is 17.8 Å². The van der Waals surface area contributed by atoms with E-state index in [-0.39, 0.29) is 25.8 Å². The summed E-state index contributed by atoms with van der Waals surface area (Å²) in [5.41, 5.74) is 0. The Morgan fingerprint density at radius 2 is 2.00 bits per heavy atom. The lowest BCUT2D eigenvalue weighted by Gasteiger charge is -2.29. The first-order valence-electron chi connectivity index (χ1n) is 5.58. The van der Waals surface area contributed by atoms with Gasteiger partial charge in [0.25, 0.3) is 0 Å². The third kappa shape index (κ3) is 4.42. The van der Waals surface area contributed by atoms with Crippen LogP contribution in [0.4, 0.5) is 13.2 Å². The number of hydrogen-bond donors (Lipinski definition) is 3. The highest BCUT2D eigenvalue weighted by molar-refractivity contribution is 6.00. The van der Waals surface area contributed by atoms with Crippen molar-refractivity contribution < 1.29 is 32.7 Å². The number of amides is 2. The number of carboxylic acid groups (broad SMARTS) is 1. The second kappa shape index (κ2) is 5.89. The average Bonchev–Trinajstić information content (AvgIpc) is 2.26. The molecule has 0 aromatic carbocycles. The van der Waals surface area contributed by atoms with Gasteiger partial charge in [-0.05, 0) is 12.8 Å². The van der Waals surface area contributed by atoms with Crippen LogP contribution in [0.5, 0.6) is 0 Å². The molecule has 1 aliphatic heterocycles. The van der Waals surface area contributed by atoms with Crippen molar-refractivity contribution in [2.75, 3.05) is 6.54 Å². The number of carbonyl (C=O) groups excluding carboxylic acids is 2. The van der Waals surface area contributed by atoms with E-state index in [0.29, 0.717) is 0 Å². The minimum Gasteiger partial charge on any atom is -0.481 e. The highest BCUT2D eigenvalue weighted by Crippen LogP contribution is 2.28. The second-order valence-electron chi connectivity index (χ2n) is 4.17. The van der Waals surface area contributed by atoms with Gasteiger partial charge in [0, 0.05) is 6.54 Å². The number of carboxylic acids is 1. The molecule has 0 bridgehead atoms. The van der Waals surface area contributed by atoms with Gasteiger partial charge < -0.3 is 15.7 Å². The Hall–Kier alpha value is -1.80. The molecular formula is C10H13F3N2O4. The molecule has 2 atom stereocenters. The molecule has 0 aliphatic carbocycles. The summed E-state index contributed by atoms with van der Waals surface area (Å²) in [5, 5.41) is 12.3. The van der Waals surface area contributed by atoms with Gasteiger partial charge in [0.2, 0.25) is 11.8 Å². The van der Waals surface area contributed by atoms with E-state index in [9.17, 15) is 27.6 Å². The van der Waals surface area contributed by atoms with E-state index in [4.69, 9.17) is 5.11 Å². The van der Waals surface area contributed by atoms with Crippen molar-refractivity contribution in [3.63, 3.8) is 0 Å². The smallest absolute Gasteiger partial charge is 0.408 e. The molecule has 108 valence electrons. The van der Waals surface area contributed by atoms with Gasteiger partial charge in [-0.15, -0.1) is 0 Å². The van der Waals surface area contributed by atoms with E-state index in [2.05, 4.69) is 5.32 Å². The van der Waals surface area contributed by atoms with E-state index in [1.807, 2.05) is 0 Å². The van der Waals surface area contributed by atoms with Crippen molar-refractivity contribution in [2.45, 2.75) is 31.5 Å². The van der Waals surface area contributed by atoms with Gasteiger partial charge in [-0.1, -0.05) is 0 Å². The predicted octanol–water partition coefficient (Wildman–Crippen LogP) is 0.0344. The largest absolute Gasteiger partial charge is 0.481 e. The van der Waals surface area contributed by atoms with Crippen molar-refractivity contribution in [3.8, 4) is 0 Å². The molecule has 1 aliphatic rings. The molecule has 3 N–H and O–H groups in total. The molecule has 1 heterocycles. The van der Waals surface area contributed by atoms with Crippen LogP contribution in [0, 0.1) is 5.92 Å². The topological polar surface area (TPSA) is 95.5 Å². The van der Waals surface area contributed by atoms with E-state index in [1.165, 1.54) is 0 Å². The van der Waals surface area contributed by atoms with Crippen molar-refractivity contribution in [1.82, 2.24) is 10.6 Å². The summed E-state index contributed by atoms with van der Waals surface area (Å²) in [5.74, 6) is -4.06. The molecule has 0 radical (unpaired) electrons. The number of hydrogen-bond acceptors (Lipinski definition) is 3. The molecule has 0 spiro atoms. The Labute approximate surface area is 106 Å². The summed E-state index contributed by atoms with van der Waals surface area (Å²) in [6.45, 7) is -0.166. The SMILES string of the molecule is O=C(O)CCNC(=O)[C@@H]1CC[C@H](C(F)(F)F)NC1=O. The quantitative estimate of drug-likeness (QED) is 0.634. The molecule has 19 heavy (non-hydrogen) atoms. The van der Waals surface area contributed by atoms with Gasteiger partial charge in [0.05, 0.1) is 6.42 Å². The summed E-state index contributed by atoms with van der Waals surface area (Å²) in [6, 6.07) is -1.93. The fourth-order valence-corrected chi connectivity index (χ4v) is 1.72. The minimum atomic E-state index is -4.53. The maximum atomic E-state index is 12.4. The number of alkyl halides is 3. The minimum absolute atomic E-state index is 0.166. The lowest BCUT2D eigenvalue weighted by Crippen LogP contribution is -2.54. The average molecular weight is 282 g/mol. The number of aliphatic carboxylic acids is 1. The molecule has 9 heteroatoms. The number of carbonyl (C=O) groups is 3. The summed E-state index contributed by atoms with van der Waals surface area (Å²) < 4.78 is 37.1. The fraction of sp³-hybridized carbons (Fsp3) is 0.700. The summed E-state index contributed by atoms with van der Waals surface area (Å²) in [4.78, 5) is 33.1. The highest BCUT2D eigenvalue weighted by Gasteiger charge is 2.45. The second-order valence-corrected chi connectivity index (χ2v) is 4.17. The van der Waals surface area contributed by atoms with Crippen molar-refractivity contribution in [1.29, 1.82) is 0 Å². The monoisotopic (exact) mass is 282 g/mol. The predicted molar refractivity (Wildman–Crippen MR) is 56.0 cm³/mol. The molecule has 1 fully saturated rings. The molecule has 1 rings (SSSR count). The molecule has 6 nitrogen and oxygen atoms in total. The van der Waals surface area contributed by atoms with Crippen molar-refractivity contribution in [3.05, 3.63) is 0 Å². The van der Waals surface area contributed by atoms with Crippen molar-refractivity contribution in [2.24, 2.45) is 5.92 Å². The third-order valence-corrected chi connectivity index (χ3v) is 2.73. The third-order valence-electron chi connectivity index (χ3n) is 2.73. The van der Waals surface area contributed by atoms with Crippen LogP contribution in [-0.4, -0.2) is 41.7 Å². The zero-order valence-electron chi connectivity index (χ0n) is 9.79. The number of nitrogens with one attached hydrogen (secondary N) is 2. The molecule has 2 amide bonds. The van der Waals surface area contributed by atoms with Gasteiger partial charge in [0.15, 0.2) is 0 Å². The fourth-order valence-electron chi connectivity index (χ4n) is 1.72. The Kier molecular flexibility index (Phi) is 4.73. The van der Waals surface area contributed by atoms with Crippen LogP contribution in [0.2, 0.25) is 0 Å². The molecular weight excluding hydrogens is 269 g/mol. The van der Waals surface area contributed by atoms with Crippen LogP contribution >= 0.6 is 0 Å². The lowest BCUT2D eigenvalue weighted by atomic mass is 9.93. The van der Waals surface area contributed by atoms with Gasteiger partial charge in [-0.2, -0.15) is 13.2 Å². The molecule has 0 aromatic rings. The normalized spacial score (nSPS) is 23.6. The molecule has 0 aromatic heterocycles. The number of rotatable bonds is 4. The Morgan fingerprint density at radius 1 is 1.37 bits per heavy atom. The molecule has 0 saturated carbocycles. The van der Waals surface area contributed by atoms with Crippen LogP contribution < -0.4 is 10.6 Å². The first-order chi connectivity index (χ1) is 8.71. The Morgan fingerprint density at radius 3 is 2.47 bits per heavy atom. The molecule has 0 unspecified atom stereocenters. The number of halogens is 3. The zero-order chi connectivity index (χ0) is 14.6. The van der Waals surface area contributed by atoms with Crippen LogP contribution in [-0.2, 0) is 14.4 Å². The van der Waals surface area contributed by atoms with Crippen LogP contribution in [0.15, 0.2) is 0 Å². The highest BCUT2D eigenvalue weighted by atomic mass is 19.4. The summed E-state index contributed by atoms with van der Waals surface area (Å²) >= 11 is 0. The first-order valence-corrected chi connectivity index (χ1v) is 5.58. The van der Waals surface area contributed by atoms with E-state index >= 15 is 0 Å². The Balaban J connectivity index is 2.47. The van der Waals surface area contributed by atoms with Crippen LogP contribution in [0.1, 0.15) is 19.3 Å². The zero-order valence-corrected chi connectivity index (χ0v) is 9.79. The summed E-state index contributed by atoms with van der Waals surface area (Å²) in [6.07, 6.45) is -5.42.